The Morgan fingerprint density at radius 1 is 1.40 bits per heavy atom. The molecule has 0 saturated carbocycles. The van der Waals surface area contributed by atoms with Gasteiger partial charge in [0.15, 0.2) is 5.78 Å². The van der Waals surface area contributed by atoms with Crippen LogP contribution < -0.4 is 0 Å². The normalized spacial score (nSPS) is 11.3. The summed E-state index contributed by atoms with van der Waals surface area (Å²) in [6, 6.07) is 6.91. The predicted octanol–water partition coefficient (Wildman–Crippen LogP) is 1.15. The number of hydrogen-bond donors (Lipinski definition) is 0. The molecule has 0 N–H and O–H groups in total. The summed E-state index contributed by atoms with van der Waals surface area (Å²) in [6.07, 6.45) is 0.913. The van der Waals surface area contributed by atoms with Crippen LogP contribution in [0.3, 0.4) is 0 Å². The van der Waals surface area contributed by atoms with Crippen molar-refractivity contribution >= 4 is 15.9 Å². The highest BCUT2D eigenvalue weighted by Crippen LogP contribution is 2.05. The zero-order valence-electron chi connectivity index (χ0n) is 8.56. The Kier molecular flexibility index (Phi) is 3.60. The smallest absolute Gasteiger partial charge is 0.264 e. The van der Waals surface area contributed by atoms with Crippen LogP contribution in [0.1, 0.15) is 15.9 Å². The molecule has 0 heterocycles. The van der Waals surface area contributed by atoms with Crippen LogP contribution in [0, 0.1) is 6.92 Å². The van der Waals surface area contributed by atoms with Crippen LogP contribution in [0.2, 0.25) is 0 Å². The van der Waals surface area contributed by atoms with Gasteiger partial charge in [-0.3, -0.25) is 8.98 Å². The monoisotopic (exact) mass is 228 g/mol. The van der Waals surface area contributed by atoms with Crippen LogP contribution in [0.25, 0.3) is 0 Å². The lowest BCUT2D eigenvalue weighted by Gasteiger charge is -2.01. The van der Waals surface area contributed by atoms with Crippen LogP contribution in [0.4, 0.5) is 0 Å². The van der Waals surface area contributed by atoms with Crippen LogP contribution in [-0.4, -0.2) is 27.1 Å². The number of hydrogen-bond acceptors (Lipinski definition) is 4. The Morgan fingerprint density at radius 2 is 2.07 bits per heavy atom. The van der Waals surface area contributed by atoms with E-state index in [2.05, 4.69) is 4.18 Å². The van der Waals surface area contributed by atoms with Crippen molar-refractivity contribution in [1.82, 2.24) is 0 Å². The molecule has 0 unspecified atom stereocenters. The molecule has 0 aromatic heterocycles. The van der Waals surface area contributed by atoms with Crippen molar-refractivity contribution in [3.8, 4) is 0 Å². The summed E-state index contributed by atoms with van der Waals surface area (Å²) in [5.74, 6) is -0.343. The van der Waals surface area contributed by atoms with Gasteiger partial charge in [-0.05, 0) is 13.0 Å². The van der Waals surface area contributed by atoms with Crippen molar-refractivity contribution in [3.05, 3.63) is 35.4 Å². The zero-order valence-corrected chi connectivity index (χ0v) is 9.37. The van der Waals surface area contributed by atoms with Gasteiger partial charge in [0.25, 0.3) is 10.1 Å². The Morgan fingerprint density at radius 3 is 2.60 bits per heavy atom. The molecular formula is C10H12O4S. The van der Waals surface area contributed by atoms with Crippen molar-refractivity contribution in [2.45, 2.75) is 6.92 Å². The van der Waals surface area contributed by atoms with Gasteiger partial charge in [0.1, 0.15) is 6.61 Å². The Hall–Kier alpha value is -1.20. The third kappa shape index (κ3) is 4.22. The number of rotatable bonds is 4. The summed E-state index contributed by atoms with van der Waals surface area (Å²) in [4.78, 5) is 11.5. The largest absolute Gasteiger partial charge is 0.291 e. The number of carbonyl (C=O) groups excluding carboxylic acids is 1. The van der Waals surface area contributed by atoms with Gasteiger partial charge in [-0.1, -0.05) is 23.8 Å². The number of ketones is 1. The molecule has 1 rings (SSSR count). The molecule has 0 aliphatic rings. The maximum Gasteiger partial charge on any atom is 0.264 e. The lowest BCUT2D eigenvalue weighted by atomic mass is 10.1. The third-order valence-electron chi connectivity index (χ3n) is 1.74. The lowest BCUT2D eigenvalue weighted by Crippen LogP contribution is -2.13. The van der Waals surface area contributed by atoms with E-state index in [1.165, 1.54) is 0 Å². The molecule has 0 atom stereocenters. The van der Waals surface area contributed by atoms with E-state index in [9.17, 15) is 13.2 Å². The first-order valence-electron chi connectivity index (χ1n) is 4.33. The van der Waals surface area contributed by atoms with Gasteiger partial charge in [-0.25, -0.2) is 0 Å². The van der Waals surface area contributed by atoms with Crippen LogP contribution in [0.15, 0.2) is 24.3 Å². The van der Waals surface area contributed by atoms with E-state index in [4.69, 9.17) is 0 Å². The molecule has 0 aliphatic carbocycles. The first-order valence-corrected chi connectivity index (χ1v) is 6.14. The van der Waals surface area contributed by atoms with E-state index in [0.717, 1.165) is 11.8 Å². The lowest BCUT2D eigenvalue weighted by molar-refractivity contribution is 0.0925. The standard InChI is InChI=1S/C10H12O4S/c1-8-4-3-5-9(6-8)10(11)7-14-15(2,12)13/h3-6H,7H2,1-2H3. The van der Waals surface area contributed by atoms with Crippen molar-refractivity contribution in [2.24, 2.45) is 0 Å². The second kappa shape index (κ2) is 4.55. The van der Waals surface area contributed by atoms with Crippen molar-refractivity contribution in [3.63, 3.8) is 0 Å². The SMILES string of the molecule is Cc1cccc(C(=O)COS(C)(=O)=O)c1. The maximum atomic E-state index is 11.5. The third-order valence-corrected chi connectivity index (χ3v) is 2.29. The molecule has 1 aromatic rings. The van der Waals surface area contributed by atoms with Crippen LogP contribution >= 0.6 is 0 Å². The van der Waals surface area contributed by atoms with Crippen molar-refractivity contribution in [1.29, 1.82) is 0 Å². The average molecular weight is 228 g/mol. The van der Waals surface area contributed by atoms with E-state index in [-0.39, 0.29) is 5.78 Å². The summed E-state index contributed by atoms with van der Waals surface area (Å²) in [5.41, 5.74) is 1.40. The van der Waals surface area contributed by atoms with Crippen LogP contribution in [0.5, 0.6) is 0 Å². The summed E-state index contributed by atoms with van der Waals surface area (Å²) in [5, 5.41) is 0. The minimum Gasteiger partial charge on any atom is -0.291 e. The molecule has 82 valence electrons. The molecule has 0 saturated heterocycles. The molecule has 0 amide bonds. The van der Waals surface area contributed by atoms with Gasteiger partial charge in [0, 0.05) is 5.56 Å². The first-order chi connectivity index (χ1) is 6.88. The topological polar surface area (TPSA) is 60.4 Å². The number of Topliss-reactive ketones (excluding diaryl/α,β-unsaturated/α-hetero) is 1. The fraction of sp³-hybridized carbons (Fsp3) is 0.300. The van der Waals surface area contributed by atoms with E-state index >= 15 is 0 Å². The Bertz CT molecular complexity index is 462. The first kappa shape index (κ1) is 11.9. The average Bonchev–Trinajstić information content (AvgIpc) is 2.13. The minimum atomic E-state index is -3.56. The second-order valence-corrected chi connectivity index (χ2v) is 4.90. The fourth-order valence-electron chi connectivity index (χ4n) is 1.06. The van der Waals surface area contributed by atoms with E-state index in [1.807, 2.05) is 13.0 Å². The molecular weight excluding hydrogens is 216 g/mol. The number of carbonyl (C=O) groups is 1. The van der Waals surface area contributed by atoms with E-state index in [0.29, 0.717) is 5.56 Å². The number of aryl methyl sites for hydroxylation is 1. The summed E-state index contributed by atoms with van der Waals surface area (Å²) in [7, 11) is -3.56. The molecule has 15 heavy (non-hydrogen) atoms. The summed E-state index contributed by atoms with van der Waals surface area (Å²) >= 11 is 0. The fourth-order valence-corrected chi connectivity index (χ4v) is 1.38. The second-order valence-electron chi connectivity index (χ2n) is 3.26. The Labute approximate surface area is 89.0 Å². The molecule has 4 nitrogen and oxygen atoms in total. The number of benzene rings is 1. The van der Waals surface area contributed by atoms with Crippen molar-refractivity contribution < 1.29 is 17.4 Å². The molecule has 0 fully saturated rings. The van der Waals surface area contributed by atoms with Gasteiger partial charge < -0.3 is 0 Å². The molecule has 1 aromatic carbocycles. The quantitative estimate of drug-likeness (QED) is 0.573. The Balaban J connectivity index is 2.70. The van der Waals surface area contributed by atoms with Gasteiger partial charge >= 0.3 is 0 Å². The van der Waals surface area contributed by atoms with E-state index in [1.54, 1.807) is 18.2 Å². The van der Waals surface area contributed by atoms with Gasteiger partial charge in [0.2, 0.25) is 0 Å². The zero-order chi connectivity index (χ0) is 11.5. The molecule has 5 heteroatoms. The van der Waals surface area contributed by atoms with Gasteiger partial charge in [0.05, 0.1) is 6.26 Å². The predicted molar refractivity (Wildman–Crippen MR) is 56.3 cm³/mol. The van der Waals surface area contributed by atoms with E-state index < -0.39 is 16.7 Å². The summed E-state index contributed by atoms with van der Waals surface area (Å²) < 4.78 is 25.7. The highest BCUT2D eigenvalue weighted by molar-refractivity contribution is 7.86. The van der Waals surface area contributed by atoms with Crippen LogP contribution in [-0.2, 0) is 14.3 Å². The molecule has 0 spiro atoms. The highest BCUT2D eigenvalue weighted by atomic mass is 32.2. The molecule has 0 bridgehead atoms. The maximum absolute atomic E-state index is 11.5. The van der Waals surface area contributed by atoms with Gasteiger partial charge in [-0.2, -0.15) is 8.42 Å². The minimum absolute atomic E-state index is 0.343. The van der Waals surface area contributed by atoms with Gasteiger partial charge in [-0.15, -0.1) is 0 Å². The molecule has 0 radical (unpaired) electrons. The molecule has 0 aliphatic heterocycles. The highest BCUT2D eigenvalue weighted by Gasteiger charge is 2.09. The van der Waals surface area contributed by atoms with Crippen molar-refractivity contribution in [2.75, 3.05) is 12.9 Å². The summed E-state index contributed by atoms with van der Waals surface area (Å²) in [6.45, 7) is 1.41.